The third-order valence-electron chi connectivity index (χ3n) is 4.27. The van der Waals surface area contributed by atoms with Gasteiger partial charge < -0.3 is 5.32 Å². The Hall–Kier alpha value is -3.17. The molecule has 0 radical (unpaired) electrons. The van der Waals surface area contributed by atoms with Gasteiger partial charge >= 0.3 is 6.18 Å². The van der Waals surface area contributed by atoms with E-state index in [2.05, 4.69) is 15.5 Å². The lowest BCUT2D eigenvalue weighted by molar-refractivity contribution is -0.141. The number of halogens is 4. The third kappa shape index (κ3) is 3.90. The van der Waals surface area contributed by atoms with Crippen molar-refractivity contribution in [2.24, 2.45) is 7.05 Å². The van der Waals surface area contributed by atoms with Gasteiger partial charge in [-0.3, -0.25) is 14.2 Å². The Morgan fingerprint density at radius 3 is 2.36 bits per heavy atom. The number of alkyl halides is 3. The van der Waals surface area contributed by atoms with E-state index in [9.17, 15) is 22.4 Å². The number of hydrogen-bond donors (Lipinski definition) is 1. The molecule has 0 saturated heterocycles. The number of carbonyl (C=O) groups is 1. The molecule has 0 saturated carbocycles. The quantitative estimate of drug-likeness (QED) is 0.686. The number of anilines is 1. The predicted octanol–water partition coefficient (Wildman–Crippen LogP) is 3.69. The Labute approximate surface area is 157 Å². The lowest BCUT2D eigenvalue weighted by Gasteiger charge is -2.07. The number of carbonyl (C=O) groups excluding carboxylic acids is 1. The van der Waals surface area contributed by atoms with Gasteiger partial charge in [0.1, 0.15) is 11.5 Å². The van der Waals surface area contributed by atoms with E-state index in [0.29, 0.717) is 29.7 Å². The first-order valence-corrected chi connectivity index (χ1v) is 8.27. The summed E-state index contributed by atoms with van der Waals surface area (Å²) in [5, 5.41) is 10.3. The summed E-state index contributed by atoms with van der Waals surface area (Å²) >= 11 is 0. The summed E-state index contributed by atoms with van der Waals surface area (Å²) in [4.78, 5) is 12.5. The highest BCUT2D eigenvalue weighted by Crippen LogP contribution is 2.29. The van der Waals surface area contributed by atoms with Gasteiger partial charge in [0.05, 0.1) is 23.6 Å². The average Bonchev–Trinajstić information content (AvgIpc) is 3.12. The summed E-state index contributed by atoms with van der Waals surface area (Å²) in [6.45, 7) is 3.75. The first-order chi connectivity index (χ1) is 13.1. The van der Waals surface area contributed by atoms with Crippen LogP contribution in [-0.2, 0) is 19.8 Å². The second kappa shape index (κ2) is 7.10. The molecule has 1 N–H and O–H groups in total. The van der Waals surface area contributed by atoms with E-state index in [4.69, 9.17) is 0 Å². The Bertz CT molecular complexity index is 1020. The van der Waals surface area contributed by atoms with Crippen molar-refractivity contribution in [2.45, 2.75) is 26.6 Å². The molecule has 2 heterocycles. The maximum atomic E-state index is 13.0. The van der Waals surface area contributed by atoms with Crippen LogP contribution < -0.4 is 5.32 Å². The minimum Gasteiger partial charge on any atom is -0.317 e. The topological polar surface area (TPSA) is 64.7 Å². The maximum Gasteiger partial charge on any atom is 0.435 e. The Morgan fingerprint density at radius 1 is 1.14 bits per heavy atom. The van der Waals surface area contributed by atoms with Gasteiger partial charge in [-0.1, -0.05) is 12.1 Å². The van der Waals surface area contributed by atoms with Gasteiger partial charge in [0.2, 0.25) is 0 Å². The minimum atomic E-state index is -4.64. The molecule has 0 atom stereocenters. The number of hydrogen-bond acceptors (Lipinski definition) is 3. The van der Waals surface area contributed by atoms with Gasteiger partial charge in [0.25, 0.3) is 5.91 Å². The molecule has 1 aromatic carbocycles. The molecule has 3 rings (SSSR count). The number of rotatable bonds is 4. The summed E-state index contributed by atoms with van der Waals surface area (Å²) in [6, 6.07) is 6.62. The van der Waals surface area contributed by atoms with Crippen molar-refractivity contribution in [3.63, 3.8) is 0 Å². The van der Waals surface area contributed by atoms with Crippen LogP contribution >= 0.6 is 0 Å². The first-order valence-electron chi connectivity index (χ1n) is 8.27. The molecular weight excluding hydrogens is 378 g/mol. The van der Waals surface area contributed by atoms with Crippen LogP contribution in [0, 0.1) is 19.7 Å². The second-order valence-electron chi connectivity index (χ2n) is 6.32. The zero-order chi connectivity index (χ0) is 20.6. The third-order valence-corrected chi connectivity index (χ3v) is 4.27. The number of nitrogens with zero attached hydrogens (tertiary/aromatic N) is 4. The van der Waals surface area contributed by atoms with E-state index < -0.39 is 17.8 Å². The smallest absolute Gasteiger partial charge is 0.317 e. The predicted molar refractivity (Wildman–Crippen MR) is 93.4 cm³/mol. The zero-order valence-electron chi connectivity index (χ0n) is 15.3. The fourth-order valence-corrected chi connectivity index (χ4v) is 2.79. The van der Waals surface area contributed by atoms with Crippen molar-refractivity contribution >= 4 is 11.6 Å². The largest absolute Gasteiger partial charge is 0.435 e. The van der Waals surface area contributed by atoms with Crippen molar-refractivity contribution in [3.05, 3.63) is 64.5 Å². The van der Waals surface area contributed by atoms with Crippen LogP contribution in [0.4, 0.5) is 23.2 Å². The van der Waals surface area contributed by atoms with Gasteiger partial charge in [-0.2, -0.15) is 23.4 Å². The number of benzene rings is 1. The highest BCUT2D eigenvalue weighted by atomic mass is 19.4. The molecule has 2 aromatic heterocycles. The second-order valence-corrected chi connectivity index (χ2v) is 6.32. The standard InChI is InChI=1S/C18H17F4N5O/c1-10-16(11(2)27(24-10)9-12-4-6-13(19)7-5-12)23-17(28)14-8-15(18(20,21)22)25-26(14)3/h4-8H,9H2,1-3H3,(H,23,28). The van der Waals surface area contributed by atoms with E-state index in [1.807, 2.05) is 0 Å². The molecule has 10 heteroatoms. The van der Waals surface area contributed by atoms with Crippen molar-refractivity contribution in [1.82, 2.24) is 19.6 Å². The molecule has 0 aliphatic heterocycles. The van der Waals surface area contributed by atoms with Gasteiger partial charge in [-0.15, -0.1) is 0 Å². The Balaban J connectivity index is 1.83. The normalized spacial score (nSPS) is 11.7. The molecule has 0 bridgehead atoms. The molecule has 0 unspecified atom stereocenters. The van der Waals surface area contributed by atoms with Crippen molar-refractivity contribution in [1.29, 1.82) is 0 Å². The lowest BCUT2D eigenvalue weighted by Crippen LogP contribution is -2.17. The Morgan fingerprint density at radius 2 is 1.79 bits per heavy atom. The van der Waals surface area contributed by atoms with Crippen LogP contribution in [0.2, 0.25) is 0 Å². The van der Waals surface area contributed by atoms with Crippen molar-refractivity contribution in [3.8, 4) is 0 Å². The van der Waals surface area contributed by atoms with Crippen molar-refractivity contribution < 1.29 is 22.4 Å². The van der Waals surface area contributed by atoms with E-state index >= 15 is 0 Å². The van der Waals surface area contributed by atoms with Gasteiger partial charge in [-0.05, 0) is 31.5 Å². The van der Waals surface area contributed by atoms with Crippen LogP contribution in [0.3, 0.4) is 0 Å². The van der Waals surface area contributed by atoms with E-state index in [1.165, 1.54) is 19.2 Å². The lowest BCUT2D eigenvalue weighted by atomic mass is 10.2. The number of amides is 1. The molecule has 1 amide bonds. The van der Waals surface area contributed by atoms with Crippen LogP contribution in [0.15, 0.2) is 30.3 Å². The molecular formula is C18H17F4N5O. The van der Waals surface area contributed by atoms with E-state index in [-0.39, 0.29) is 11.5 Å². The summed E-state index contributed by atoms with van der Waals surface area (Å²) in [5.41, 5.74) is 0.978. The van der Waals surface area contributed by atoms with Gasteiger partial charge in [0, 0.05) is 13.1 Å². The number of aryl methyl sites for hydroxylation is 2. The minimum absolute atomic E-state index is 0.225. The highest BCUT2D eigenvalue weighted by Gasteiger charge is 2.35. The number of aromatic nitrogens is 4. The summed E-state index contributed by atoms with van der Waals surface area (Å²) in [5.74, 6) is -1.07. The first kappa shape index (κ1) is 19.6. The van der Waals surface area contributed by atoms with E-state index in [0.717, 1.165) is 10.2 Å². The highest BCUT2D eigenvalue weighted by molar-refractivity contribution is 6.03. The molecule has 0 spiro atoms. The molecule has 3 aromatic rings. The van der Waals surface area contributed by atoms with Crippen molar-refractivity contribution in [2.75, 3.05) is 5.32 Å². The summed E-state index contributed by atoms with van der Waals surface area (Å²) in [6.07, 6.45) is -4.64. The van der Waals surface area contributed by atoms with Gasteiger partial charge in [-0.25, -0.2) is 4.39 Å². The Kier molecular flexibility index (Phi) is 4.97. The molecule has 0 fully saturated rings. The van der Waals surface area contributed by atoms with Crippen LogP contribution in [-0.4, -0.2) is 25.5 Å². The SMILES string of the molecule is Cc1nn(Cc2ccc(F)cc2)c(C)c1NC(=O)c1cc(C(F)(F)F)nn1C. The van der Waals surface area contributed by atoms with Crippen LogP contribution in [0.1, 0.15) is 33.1 Å². The molecule has 148 valence electrons. The molecule has 6 nitrogen and oxygen atoms in total. The van der Waals surface area contributed by atoms with E-state index in [1.54, 1.807) is 30.7 Å². The summed E-state index contributed by atoms with van der Waals surface area (Å²) < 4.78 is 53.9. The number of nitrogens with one attached hydrogen (secondary N) is 1. The molecule has 0 aliphatic rings. The fraction of sp³-hybridized carbons (Fsp3) is 0.278. The summed E-state index contributed by atoms with van der Waals surface area (Å²) in [7, 11) is 1.27. The van der Waals surface area contributed by atoms with Gasteiger partial charge in [0.15, 0.2) is 5.69 Å². The maximum absolute atomic E-state index is 13.0. The molecule has 0 aliphatic carbocycles. The average molecular weight is 395 g/mol. The fourth-order valence-electron chi connectivity index (χ4n) is 2.79. The molecule has 28 heavy (non-hydrogen) atoms. The zero-order valence-corrected chi connectivity index (χ0v) is 15.3. The van der Waals surface area contributed by atoms with Crippen LogP contribution in [0.5, 0.6) is 0 Å². The van der Waals surface area contributed by atoms with Crippen LogP contribution in [0.25, 0.3) is 0 Å². The monoisotopic (exact) mass is 395 g/mol.